The molecule has 1 N–H and O–H groups in total. The normalized spacial score (nSPS) is 13.1. The molecule has 0 aliphatic rings. The summed E-state index contributed by atoms with van der Waals surface area (Å²) in [5.74, 6) is 1.36. The number of hydrogen-bond acceptors (Lipinski definition) is 2. The largest absolute Gasteiger partial charge is 0.392 e. The molecular weight excluding hydrogens is 192 g/mol. The molecule has 0 aliphatic heterocycles. The number of benzene rings is 1. The molecule has 1 unspecified atom stereocenters. The van der Waals surface area contributed by atoms with Crippen LogP contribution in [0.5, 0.6) is 0 Å². The first kappa shape index (κ1) is 11.6. The molecule has 0 saturated heterocycles. The fourth-order valence-corrected chi connectivity index (χ4v) is 2.19. The molecule has 0 aromatic heterocycles. The van der Waals surface area contributed by atoms with Crippen molar-refractivity contribution in [2.45, 2.75) is 31.3 Å². The van der Waals surface area contributed by atoms with E-state index < -0.39 is 0 Å². The number of aliphatic hydroxyl groups is 1. The Balaban J connectivity index is 2.27. The minimum atomic E-state index is -0.180. The highest BCUT2D eigenvalue weighted by atomic mass is 32.2. The van der Waals surface area contributed by atoms with Crippen LogP contribution < -0.4 is 0 Å². The molecule has 0 heterocycles. The predicted molar refractivity (Wildman–Crippen MR) is 62.6 cm³/mol. The molecule has 0 bridgehead atoms. The fourth-order valence-electron chi connectivity index (χ4n) is 1.32. The van der Waals surface area contributed by atoms with Crippen molar-refractivity contribution in [1.29, 1.82) is 0 Å². The molecule has 0 spiro atoms. The van der Waals surface area contributed by atoms with E-state index in [0.29, 0.717) is 5.92 Å². The number of rotatable bonds is 5. The van der Waals surface area contributed by atoms with Crippen LogP contribution in [0.2, 0.25) is 0 Å². The first-order chi connectivity index (χ1) is 6.68. The molecule has 0 amide bonds. The Hall–Kier alpha value is -0.470. The predicted octanol–water partition coefficient (Wildman–Crippen LogP) is 3.19. The van der Waals surface area contributed by atoms with Gasteiger partial charge in [-0.1, -0.05) is 32.0 Å². The summed E-state index contributed by atoms with van der Waals surface area (Å²) in [4.78, 5) is 1.23. The summed E-state index contributed by atoms with van der Waals surface area (Å²) in [6, 6.07) is 10.2. The molecule has 0 radical (unpaired) electrons. The average Bonchev–Trinajstić information content (AvgIpc) is 2.15. The molecule has 0 fully saturated rings. The highest BCUT2D eigenvalue weighted by Gasteiger charge is 2.06. The molecule has 1 atom stereocenters. The molecule has 1 aromatic rings. The molecule has 2 heteroatoms. The Morgan fingerprint density at radius 3 is 2.43 bits per heavy atom. The zero-order chi connectivity index (χ0) is 10.4. The van der Waals surface area contributed by atoms with Crippen molar-refractivity contribution < 1.29 is 5.11 Å². The Morgan fingerprint density at radius 1 is 1.21 bits per heavy atom. The van der Waals surface area contributed by atoms with Crippen molar-refractivity contribution in [2.75, 3.05) is 5.75 Å². The standard InChI is InChI=1S/C12H18OS/c1-10(2)8-11(13)9-14-12-6-4-3-5-7-12/h3-7,10-11,13H,8-9H2,1-2H3. The van der Waals surface area contributed by atoms with E-state index in [-0.39, 0.29) is 6.10 Å². The van der Waals surface area contributed by atoms with E-state index in [4.69, 9.17) is 0 Å². The molecule has 78 valence electrons. The van der Waals surface area contributed by atoms with Gasteiger partial charge >= 0.3 is 0 Å². The van der Waals surface area contributed by atoms with Gasteiger partial charge in [0.05, 0.1) is 6.10 Å². The Morgan fingerprint density at radius 2 is 1.86 bits per heavy atom. The summed E-state index contributed by atoms with van der Waals surface area (Å²) in [7, 11) is 0. The maximum atomic E-state index is 9.66. The lowest BCUT2D eigenvalue weighted by atomic mass is 10.1. The second-order valence-corrected chi connectivity index (χ2v) is 5.00. The van der Waals surface area contributed by atoms with Crippen LogP contribution in [0.15, 0.2) is 35.2 Å². The highest BCUT2D eigenvalue weighted by Crippen LogP contribution is 2.19. The van der Waals surface area contributed by atoms with Crippen LogP contribution in [-0.2, 0) is 0 Å². The second kappa shape index (κ2) is 6.10. The summed E-state index contributed by atoms with van der Waals surface area (Å²) in [6.07, 6.45) is 0.708. The molecular formula is C12H18OS. The zero-order valence-electron chi connectivity index (χ0n) is 8.81. The van der Waals surface area contributed by atoms with Gasteiger partial charge in [0.25, 0.3) is 0 Å². The maximum absolute atomic E-state index is 9.66. The summed E-state index contributed by atoms with van der Waals surface area (Å²) in [5.41, 5.74) is 0. The summed E-state index contributed by atoms with van der Waals surface area (Å²) in [6.45, 7) is 4.27. The minimum absolute atomic E-state index is 0.180. The fraction of sp³-hybridized carbons (Fsp3) is 0.500. The number of aliphatic hydroxyl groups excluding tert-OH is 1. The molecule has 0 aliphatic carbocycles. The van der Waals surface area contributed by atoms with Gasteiger partial charge in [0.2, 0.25) is 0 Å². The number of thioether (sulfide) groups is 1. The molecule has 1 nitrogen and oxygen atoms in total. The van der Waals surface area contributed by atoms with Gasteiger partial charge in [0, 0.05) is 10.6 Å². The number of hydrogen-bond donors (Lipinski definition) is 1. The van der Waals surface area contributed by atoms with Gasteiger partial charge in [-0.2, -0.15) is 0 Å². The van der Waals surface area contributed by atoms with Crippen molar-refractivity contribution >= 4 is 11.8 Å². The molecule has 1 aromatic carbocycles. The van der Waals surface area contributed by atoms with Gasteiger partial charge in [-0.25, -0.2) is 0 Å². The van der Waals surface area contributed by atoms with Gasteiger partial charge in [-0.15, -0.1) is 11.8 Å². The Kier molecular flexibility index (Phi) is 5.05. The molecule has 14 heavy (non-hydrogen) atoms. The van der Waals surface area contributed by atoms with Crippen LogP contribution >= 0.6 is 11.8 Å². The van der Waals surface area contributed by atoms with Crippen molar-refractivity contribution in [3.63, 3.8) is 0 Å². The van der Waals surface area contributed by atoms with Crippen LogP contribution in [0.3, 0.4) is 0 Å². The second-order valence-electron chi connectivity index (χ2n) is 3.91. The Labute approximate surface area is 90.5 Å². The first-order valence-corrected chi connectivity index (χ1v) is 6.03. The van der Waals surface area contributed by atoms with E-state index in [1.54, 1.807) is 11.8 Å². The van der Waals surface area contributed by atoms with E-state index in [9.17, 15) is 5.11 Å². The summed E-state index contributed by atoms with van der Waals surface area (Å²) in [5, 5.41) is 9.66. The molecule has 1 rings (SSSR count). The lowest BCUT2D eigenvalue weighted by Gasteiger charge is -2.12. The molecule has 0 saturated carbocycles. The van der Waals surface area contributed by atoms with Crippen molar-refractivity contribution in [1.82, 2.24) is 0 Å². The van der Waals surface area contributed by atoms with Crippen LogP contribution in [0.4, 0.5) is 0 Å². The van der Waals surface area contributed by atoms with Crippen molar-refractivity contribution in [2.24, 2.45) is 5.92 Å². The maximum Gasteiger partial charge on any atom is 0.0636 e. The third-order valence-corrected chi connectivity index (χ3v) is 3.09. The highest BCUT2D eigenvalue weighted by molar-refractivity contribution is 7.99. The van der Waals surface area contributed by atoms with Gasteiger partial charge in [-0.05, 0) is 24.5 Å². The lowest BCUT2D eigenvalue weighted by Crippen LogP contribution is -2.12. The van der Waals surface area contributed by atoms with Gasteiger partial charge < -0.3 is 5.11 Å². The third-order valence-electron chi connectivity index (χ3n) is 1.93. The lowest BCUT2D eigenvalue weighted by molar-refractivity contribution is 0.172. The van der Waals surface area contributed by atoms with E-state index in [1.165, 1.54) is 4.90 Å². The van der Waals surface area contributed by atoms with Crippen molar-refractivity contribution in [3.05, 3.63) is 30.3 Å². The van der Waals surface area contributed by atoms with Crippen LogP contribution in [-0.4, -0.2) is 17.0 Å². The zero-order valence-corrected chi connectivity index (χ0v) is 9.63. The van der Waals surface area contributed by atoms with E-state index in [2.05, 4.69) is 26.0 Å². The summed E-state index contributed by atoms with van der Waals surface area (Å²) < 4.78 is 0. The van der Waals surface area contributed by atoms with Crippen LogP contribution in [0, 0.1) is 5.92 Å². The monoisotopic (exact) mass is 210 g/mol. The van der Waals surface area contributed by atoms with E-state index >= 15 is 0 Å². The first-order valence-electron chi connectivity index (χ1n) is 5.04. The van der Waals surface area contributed by atoms with Gasteiger partial charge in [-0.3, -0.25) is 0 Å². The third kappa shape index (κ3) is 4.68. The summed E-state index contributed by atoms with van der Waals surface area (Å²) >= 11 is 1.72. The van der Waals surface area contributed by atoms with Crippen molar-refractivity contribution in [3.8, 4) is 0 Å². The van der Waals surface area contributed by atoms with Gasteiger partial charge in [0.1, 0.15) is 0 Å². The SMILES string of the molecule is CC(C)CC(O)CSc1ccccc1. The topological polar surface area (TPSA) is 20.2 Å². The quantitative estimate of drug-likeness (QED) is 0.753. The van der Waals surface area contributed by atoms with Crippen LogP contribution in [0.1, 0.15) is 20.3 Å². The Bertz CT molecular complexity index is 246. The average molecular weight is 210 g/mol. The smallest absolute Gasteiger partial charge is 0.0636 e. The van der Waals surface area contributed by atoms with Gasteiger partial charge in [0.15, 0.2) is 0 Å². The van der Waals surface area contributed by atoms with E-state index in [1.807, 2.05) is 18.2 Å². The van der Waals surface area contributed by atoms with E-state index in [0.717, 1.165) is 12.2 Å². The minimum Gasteiger partial charge on any atom is -0.392 e. The van der Waals surface area contributed by atoms with Crippen LogP contribution in [0.25, 0.3) is 0 Å².